The van der Waals surface area contributed by atoms with Gasteiger partial charge in [-0.2, -0.15) is 0 Å². The quantitative estimate of drug-likeness (QED) is 0.303. The van der Waals surface area contributed by atoms with Crippen LogP contribution in [0.15, 0.2) is 67.0 Å². The number of fused-ring (bicyclic) bond motifs is 1. The van der Waals surface area contributed by atoms with Crippen LogP contribution in [0.5, 0.6) is 11.5 Å². The predicted molar refractivity (Wildman–Crippen MR) is 154 cm³/mol. The van der Waals surface area contributed by atoms with Gasteiger partial charge in [0.15, 0.2) is 0 Å². The molecule has 6 rings (SSSR count). The molecule has 1 saturated carbocycles. The van der Waals surface area contributed by atoms with Crippen LogP contribution < -0.4 is 10.5 Å². The average molecular weight is 541 g/mol. The lowest BCUT2D eigenvalue weighted by molar-refractivity contribution is -0.125. The van der Waals surface area contributed by atoms with Gasteiger partial charge in [0.2, 0.25) is 5.91 Å². The Morgan fingerprint density at radius 2 is 1.95 bits per heavy atom. The molecule has 0 bridgehead atoms. The molecule has 2 fully saturated rings. The van der Waals surface area contributed by atoms with Crippen molar-refractivity contribution in [3.8, 4) is 22.6 Å². The van der Waals surface area contributed by atoms with Gasteiger partial charge in [0.25, 0.3) is 0 Å². The lowest BCUT2D eigenvalue weighted by Crippen LogP contribution is -2.28. The third-order valence-electron chi connectivity index (χ3n) is 7.90. The summed E-state index contributed by atoms with van der Waals surface area (Å²) >= 11 is 0. The van der Waals surface area contributed by atoms with E-state index in [4.69, 9.17) is 10.5 Å². The van der Waals surface area contributed by atoms with Crippen molar-refractivity contribution in [3.63, 3.8) is 0 Å². The van der Waals surface area contributed by atoms with Gasteiger partial charge in [-0.1, -0.05) is 24.3 Å². The number of halogens is 1. The molecule has 2 N–H and O–H groups in total. The molecule has 1 saturated heterocycles. The first-order chi connectivity index (χ1) is 19.4. The molecule has 1 unspecified atom stereocenters. The number of amides is 1. The maximum Gasteiger partial charge on any atom is 0.246 e. The number of carbonyl (C=O) groups excluding carboxylic acids is 1. The highest BCUT2D eigenvalue weighted by Crippen LogP contribution is 2.40. The Bertz CT molecular complexity index is 1580. The smallest absolute Gasteiger partial charge is 0.246 e. The summed E-state index contributed by atoms with van der Waals surface area (Å²) in [4.78, 5) is 26.0. The third kappa shape index (κ3) is 5.16. The van der Waals surface area contributed by atoms with Crippen LogP contribution in [0, 0.1) is 12.7 Å². The van der Waals surface area contributed by atoms with E-state index in [-0.39, 0.29) is 17.8 Å². The van der Waals surface area contributed by atoms with Gasteiger partial charge in [0.1, 0.15) is 35.1 Å². The Morgan fingerprint density at radius 1 is 1.15 bits per heavy atom. The second-order valence-corrected chi connectivity index (χ2v) is 10.7. The molecule has 1 amide bonds. The molecule has 4 aromatic rings. The van der Waals surface area contributed by atoms with Gasteiger partial charge >= 0.3 is 0 Å². The summed E-state index contributed by atoms with van der Waals surface area (Å²) in [5.41, 5.74) is 10.1. The molecule has 2 aromatic heterocycles. The zero-order chi connectivity index (χ0) is 27.8. The highest BCUT2D eigenvalue weighted by atomic mass is 19.1. The van der Waals surface area contributed by atoms with E-state index in [2.05, 4.69) is 33.4 Å². The first-order valence-corrected chi connectivity index (χ1v) is 13.7. The first-order valence-electron chi connectivity index (χ1n) is 13.7. The van der Waals surface area contributed by atoms with E-state index in [9.17, 15) is 9.18 Å². The number of ether oxygens (including phenoxy) is 1. The van der Waals surface area contributed by atoms with Crippen LogP contribution in [0.4, 0.5) is 10.2 Å². The number of nitrogens with zero attached hydrogens (tertiary/aromatic N) is 5. The van der Waals surface area contributed by atoms with Crippen molar-refractivity contribution in [2.24, 2.45) is 0 Å². The zero-order valence-electron chi connectivity index (χ0n) is 22.8. The second-order valence-electron chi connectivity index (χ2n) is 10.7. The number of carbonyl (C=O) groups is 1. The van der Waals surface area contributed by atoms with Crippen molar-refractivity contribution in [2.45, 2.75) is 38.3 Å². The Balaban J connectivity index is 1.25. The van der Waals surface area contributed by atoms with Crippen molar-refractivity contribution in [2.75, 3.05) is 32.4 Å². The molecule has 8 nitrogen and oxygen atoms in total. The van der Waals surface area contributed by atoms with Crippen molar-refractivity contribution in [3.05, 3.63) is 78.5 Å². The van der Waals surface area contributed by atoms with Crippen LogP contribution in [0.3, 0.4) is 0 Å². The molecule has 0 radical (unpaired) electrons. The monoisotopic (exact) mass is 540 g/mol. The number of aromatic nitrogens is 3. The van der Waals surface area contributed by atoms with Gasteiger partial charge in [-0.25, -0.2) is 14.4 Å². The number of likely N-dealkylation sites (tertiary alicyclic amines) is 1. The predicted octanol–water partition coefficient (Wildman–Crippen LogP) is 5.34. The van der Waals surface area contributed by atoms with Gasteiger partial charge < -0.3 is 19.9 Å². The van der Waals surface area contributed by atoms with E-state index in [1.165, 1.54) is 31.3 Å². The molecule has 2 aromatic carbocycles. The number of hydrogen-bond donors (Lipinski definition) is 1. The number of benzene rings is 2. The number of likely N-dealkylation sites (N-methyl/N-ethyl adjacent to an activating group) is 1. The van der Waals surface area contributed by atoms with Crippen molar-refractivity contribution in [1.82, 2.24) is 24.3 Å². The highest BCUT2D eigenvalue weighted by molar-refractivity contribution is 6.02. The lowest BCUT2D eigenvalue weighted by atomic mass is 10.0. The molecule has 9 heteroatoms. The standard InChI is InChI=1S/C31H33FN6O2/c1-20-28(21-8-12-25(13-9-21)40-26-6-3-5-22(32)17-26)29-30(33)34-19-35-31(29)38(20)24-14-16-37(18-24)27(39)7-4-15-36(2)23-10-11-23/h3-9,12-13,17,19,23-24H,10-11,14-16,18H2,1-2H3,(H2,33,34,35)/b7-4+. The van der Waals surface area contributed by atoms with Crippen LogP contribution in [-0.2, 0) is 4.79 Å². The summed E-state index contributed by atoms with van der Waals surface area (Å²) in [6.45, 7) is 4.15. The maximum absolute atomic E-state index is 13.6. The van der Waals surface area contributed by atoms with E-state index < -0.39 is 0 Å². The Hall–Kier alpha value is -4.24. The topological polar surface area (TPSA) is 89.5 Å². The normalized spacial score (nSPS) is 17.4. The van der Waals surface area contributed by atoms with E-state index in [0.717, 1.165) is 40.8 Å². The SMILES string of the molecule is Cc1c(-c2ccc(Oc3cccc(F)c3)cc2)c2c(N)ncnc2n1C1CCN(C(=O)/C=C/CN(C)C2CC2)C1. The molecule has 1 aliphatic heterocycles. The minimum absolute atomic E-state index is 0.0454. The number of nitrogen functional groups attached to an aromatic ring is 1. The molecule has 206 valence electrons. The van der Waals surface area contributed by atoms with E-state index in [0.29, 0.717) is 36.4 Å². The molecule has 3 heterocycles. The summed E-state index contributed by atoms with van der Waals surface area (Å²) in [6.07, 6.45) is 8.50. The summed E-state index contributed by atoms with van der Waals surface area (Å²) < 4.78 is 21.6. The summed E-state index contributed by atoms with van der Waals surface area (Å²) in [5, 5.41) is 0.798. The lowest BCUT2D eigenvalue weighted by Gasteiger charge is -2.18. The fourth-order valence-corrected chi connectivity index (χ4v) is 5.67. The van der Waals surface area contributed by atoms with E-state index in [1.54, 1.807) is 18.2 Å². The number of nitrogens with two attached hydrogens (primary N) is 1. The molecule has 0 spiro atoms. The molecule has 1 aliphatic carbocycles. The second kappa shape index (κ2) is 10.7. The van der Waals surface area contributed by atoms with Crippen LogP contribution >= 0.6 is 0 Å². The fourth-order valence-electron chi connectivity index (χ4n) is 5.67. The van der Waals surface area contributed by atoms with E-state index >= 15 is 0 Å². The van der Waals surface area contributed by atoms with Crippen LogP contribution in [0.25, 0.3) is 22.2 Å². The largest absolute Gasteiger partial charge is 0.457 e. The van der Waals surface area contributed by atoms with Crippen molar-refractivity contribution in [1.29, 1.82) is 0 Å². The first kappa shape index (κ1) is 26.0. The summed E-state index contributed by atoms with van der Waals surface area (Å²) in [6, 6.07) is 14.4. The summed E-state index contributed by atoms with van der Waals surface area (Å²) in [7, 11) is 2.11. The third-order valence-corrected chi connectivity index (χ3v) is 7.90. The number of rotatable bonds is 8. The number of anilines is 1. The minimum Gasteiger partial charge on any atom is -0.457 e. The van der Waals surface area contributed by atoms with Crippen LogP contribution in [0.1, 0.15) is 31.0 Å². The van der Waals surface area contributed by atoms with Crippen LogP contribution in [0.2, 0.25) is 0 Å². The molecular weight excluding hydrogens is 507 g/mol. The van der Waals surface area contributed by atoms with Crippen molar-refractivity contribution >= 4 is 22.8 Å². The Labute approximate surface area is 232 Å². The molecular formula is C31H33FN6O2. The van der Waals surface area contributed by atoms with Gasteiger partial charge in [-0.05, 0) is 63.1 Å². The van der Waals surface area contributed by atoms with Gasteiger partial charge in [0, 0.05) is 49.1 Å². The van der Waals surface area contributed by atoms with E-state index in [1.807, 2.05) is 35.2 Å². The van der Waals surface area contributed by atoms with Crippen molar-refractivity contribution < 1.29 is 13.9 Å². The Kier molecular flexibility index (Phi) is 6.98. The molecule has 1 atom stereocenters. The number of hydrogen-bond acceptors (Lipinski definition) is 6. The van der Waals surface area contributed by atoms with Gasteiger partial charge in [-0.3, -0.25) is 9.69 Å². The fraction of sp³-hybridized carbons (Fsp3) is 0.323. The average Bonchev–Trinajstić information content (AvgIpc) is 3.60. The molecule has 2 aliphatic rings. The van der Waals surface area contributed by atoms with Gasteiger partial charge in [0.05, 0.1) is 11.4 Å². The summed E-state index contributed by atoms with van der Waals surface area (Å²) in [5.74, 6) is 1.14. The minimum atomic E-state index is -0.350. The highest BCUT2D eigenvalue weighted by Gasteiger charge is 2.31. The Morgan fingerprint density at radius 3 is 2.70 bits per heavy atom. The maximum atomic E-state index is 13.6. The van der Waals surface area contributed by atoms with Crippen LogP contribution in [-0.4, -0.2) is 63.0 Å². The zero-order valence-corrected chi connectivity index (χ0v) is 22.8. The van der Waals surface area contributed by atoms with Gasteiger partial charge in [-0.15, -0.1) is 0 Å². The molecule has 40 heavy (non-hydrogen) atoms.